The number of anilines is 1. The second-order valence-electron chi connectivity index (χ2n) is 6.40. The van der Waals surface area contributed by atoms with E-state index < -0.39 is 0 Å². The standard InChI is InChI=1S/C19H21N3O4S/c1-3-26-19(24)22-9-8-13-14(10-22)27-18-15(13)17(23)20-16(21-18)11-4-6-12(25-2)7-5-11/h4-7,16,21H,3,8-10H2,1-2H3,(H,20,23). The van der Waals surface area contributed by atoms with Crippen molar-refractivity contribution in [2.75, 3.05) is 25.6 Å². The van der Waals surface area contributed by atoms with E-state index in [1.54, 1.807) is 30.3 Å². The fourth-order valence-electron chi connectivity index (χ4n) is 3.45. The molecular formula is C19H21N3O4S. The first-order valence-corrected chi connectivity index (χ1v) is 9.70. The Bertz CT molecular complexity index is 878. The maximum absolute atomic E-state index is 12.8. The lowest BCUT2D eigenvalue weighted by molar-refractivity contribution is 0.0934. The second-order valence-corrected chi connectivity index (χ2v) is 7.51. The number of methoxy groups -OCH3 is 1. The van der Waals surface area contributed by atoms with Crippen LogP contribution >= 0.6 is 11.3 Å². The number of carbonyl (C=O) groups is 2. The third-order valence-corrected chi connectivity index (χ3v) is 5.96. The van der Waals surface area contributed by atoms with Crippen molar-refractivity contribution in [2.45, 2.75) is 26.1 Å². The summed E-state index contributed by atoms with van der Waals surface area (Å²) >= 11 is 1.54. The summed E-state index contributed by atoms with van der Waals surface area (Å²) < 4.78 is 10.3. The van der Waals surface area contributed by atoms with E-state index in [0.29, 0.717) is 31.7 Å². The van der Waals surface area contributed by atoms with E-state index in [-0.39, 0.29) is 18.2 Å². The first kappa shape index (κ1) is 17.7. The predicted molar refractivity (Wildman–Crippen MR) is 102 cm³/mol. The molecule has 0 spiro atoms. The maximum atomic E-state index is 12.8. The average molecular weight is 387 g/mol. The van der Waals surface area contributed by atoms with E-state index in [1.165, 1.54) is 0 Å². The van der Waals surface area contributed by atoms with Crippen molar-refractivity contribution >= 4 is 28.3 Å². The van der Waals surface area contributed by atoms with Gasteiger partial charge in [-0.15, -0.1) is 11.3 Å². The largest absolute Gasteiger partial charge is 0.497 e. The maximum Gasteiger partial charge on any atom is 0.410 e. The first-order valence-electron chi connectivity index (χ1n) is 8.88. The van der Waals surface area contributed by atoms with Gasteiger partial charge in [-0.1, -0.05) is 12.1 Å². The van der Waals surface area contributed by atoms with E-state index >= 15 is 0 Å². The number of benzene rings is 1. The van der Waals surface area contributed by atoms with Crippen LogP contribution < -0.4 is 15.4 Å². The lowest BCUT2D eigenvalue weighted by atomic mass is 10.0. The van der Waals surface area contributed by atoms with Gasteiger partial charge >= 0.3 is 6.09 Å². The number of amides is 2. The highest BCUT2D eigenvalue weighted by Crippen LogP contribution is 2.40. The Hall–Kier alpha value is -2.74. The van der Waals surface area contributed by atoms with Crippen molar-refractivity contribution in [2.24, 2.45) is 0 Å². The van der Waals surface area contributed by atoms with Gasteiger partial charge in [-0.3, -0.25) is 4.79 Å². The van der Waals surface area contributed by atoms with Crippen LogP contribution in [0.3, 0.4) is 0 Å². The van der Waals surface area contributed by atoms with Crippen LogP contribution in [-0.2, 0) is 17.7 Å². The van der Waals surface area contributed by atoms with Crippen LogP contribution in [0, 0.1) is 0 Å². The highest BCUT2D eigenvalue weighted by Gasteiger charge is 2.34. The van der Waals surface area contributed by atoms with Crippen LogP contribution in [0.15, 0.2) is 24.3 Å². The minimum atomic E-state index is -0.303. The quantitative estimate of drug-likeness (QED) is 0.846. The summed E-state index contributed by atoms with van der Waals surface area (Å²) in [6.07, 6.45) is 0.0580. The van der Waals surface area contributed by atoms with Crippen LogP contribution in [0.4, 0.5) is 9.80 Å². The summed E-state index contributed by atoms with van der Waals surface area (Å²) in [7, 11) is 1.62. The van der Waals surface area contributed by atoms with E-state index in [1.807, 2.05) is 24.3 Å². The summed E-state index contributed by atoms with van der Waals surface area (Å²) in [5, 5.41) is 7.30. The minimum absolute atomic E-state index is 0.0772. The van der Waals surface area contributed by atoms with Gasteiger partial charge in [-0.05, 0) is 36.6 Å². The summed E-state index contributed by atoms with van der Waals surface area (Å²) in [5.74, 6) is 0.693. The van der Waals surface area contributed by atoms with Crippen molar-refractivity contribution in [3.8, 4) is 5.75 Å². The fraction of sp³-hybridized carbons (Fsp3) is 0.368. The molecule has 1 aromatic carbocycles. The van der Waals surface area contributed by atoms with Crippen molar-refractivity contribution in [1.29, 1.82) is 0 Å². The first-order chi connectivity index (χ1) is 13.1. The molecule has 1 aromatic heterocycles. The molecule has 142 valence electrons. The number of nitrogens with one attached hydrogen (secondary N) is 2. The number of rotatable bonds is 3. The lowest BCUT2D eigenvalue weighted by Crippen LogP contribution is -2.39. The zero-order valence-electron chi connectivity index (χ0n) is 15.2. The summed E-state index contributed by atoms with van der Waals surface area (Å²) in [5.41, 5.74) is 2.70. The zero-order valence-corrected chi connectivity index (χ0v) is 16.0. The third-order valence-electron chi connectivity index (χ3n) is 4.81. The molecule has 27 heavy (non-hydrogen) atoms. The molecule has 0 fully saturated rings. The molecule has 3 heterocycles. The van der Waals surface area contributed by atoms with Gasteiger partial charge < -0.3 is 25.0 Å². The van der Waals surface area contributed by atoms with Gasteiger partial charge in [0.2, 0.25) is 0 Å². The van der Waals surface area contributed by atoms with Crippen molar-refractivity contribution < 1.29 is 19.1 Å². The molecule has 1 unspecified atom stereocenters. The molecule has 0 saturated carbocycles. The van der Waals surface area contributed by atoms with E-state index in [9.17, 15) is 9.59 Å². The fourth-order valence-corrected chi connectivity index (χ4v) is 4.74. The molecule has 0 bridgehead atoms. The molecule has 2 aliphatic rings. The van der Waals surface area contributed by atoms with Crippen LogP contribution in [0.2, 0.25) is 0 Å². The van der Waals surface area contributed by atoms with Gasteiger partial charge in [0.25, 0.3) is 5.91 Å². The third kappa shape index (κ3) is 3.21. The van der Waals surface area contributed by atoms with Crippen molar-refractivity contribution in [1.82, 2.24) is 10.2 Å². The molecule has 8 heteroatoms. The van der Waals surface area contributed by atoms with E-state index in [4.69, 9.17) is 9.47 Å². The van der Waals surface area contributed by atoms with Gasteiger partial charge in [-0.25, -0.2) is 4.79 Å². The molecule has 0 aliphatic carbocycles. The number of ether oxygens (including phenoxy) is 2. The molecule has 4 rings (SSSR count). The lowest BCUT2D eigenvalue weighted by Gasteiger charge is -2.28. The summed E-state index contributed by atoms with van der Waals surface area (Å²) in [4.78, 5) is 27.5. The molecule has 0 radical (unpaired) electrons. The van der Waals surface area contributed by atoms with Gasteiger partial charge in [0, 0.05) is 11.4 Å². The van der Waals surface area contributed by atoms with E-state index in [0.717, 1.165) is 26.8 Å². The average Bonchev–Trinajstić information content (AvgIpc) is 3.06. The van der Waals surface area contributed by atoms with Crippen molar-refractivity contribution in [3.63, 3.8) is 0 Å². The SMILES string of the molecule is CCOC(=O)N1CCc2c(sc3c2C(=O)NC(c2ccc(OC)cc2)N3)C1. The van der Waals surface area contributed by atoms with Gasteiger partial charge in [0.05, 0.1) is 25.8 Å². The second kappa shape index (κ2) is 7.11. The van der Waals surface area contributed by atoms with Crippen LogP contribution in [0.25, 0.3) is 0 Å². The minimum Gasteiger partial charge on any atom is -0.497 e. The van der Waals surface area contributed by atoms with Gasteiger partial charge in [-0.2, -0.15) is 0 Å². The highest BCUT2D eigenvalue weighted by atomic mass is 32.1. The highest BCUT2D eigenvalue weighted by molar-refractivity contribution is 7.16. The monoisotopic (exact) mass is 387 g/mol. The Morgan fingerprint density at radius 3 is 2.78 bits per heavy atom. The number of hydrogen-bond acceptors (Lipinski definition) is 6. The normalized spacial score (nSPS) is 18.1. The molecule has 2 amide bonds. The van der Waals surface area contributed by atoms with Crippen LogP contribution in [0.5, 0.6) is 5.75 Å². The molecule has 2 N–H and O–H groups in total. The van der Waals surface area contributed by atoms with Crippen molar-refractivity contribution in [3.05, 3.63) is 45.8 Å². The number of hydrogen-bond donors (Lipinski definition) is 2. The predicted octanol–water partition coefficient (Wildman–Crippen LogP) is 3.13. The Balaban J connectivity index is 1.57. The molecule has 2 aliphatic heterocycles. The number of fused-ring (bicyclic) bond motifs is 3. The topological polar surface area (TPSA) is 79.9 Å². The zero-order chi connectivity index (χ0) is 19.0. The number of thiophene rings is 1. The number of nitrogens with zero attached hydrogens (tertiary/aromatic N) is 1. The molecular weight excluding hydrogens is 366 g/mol. The smallest absolute Gasteiger partial charge is 0.410 e. The molecule has 7 nitrogen and oxygen atoms in total. The van der Waals surface area contributed by atoms with Crippen LogP contribution in [0.1, 0.15) is 39.5 Å². The van der Waals surface area contributed by atoms with Gasteiger partial charge in [0.15, 0.2) is 0 Å². The molecule has 2 aromatic rings. The Kier molecular flexibility index (Phi) is 4.65. The Morgan fingerprint density at radius 1 is 1.30 bits per heavy atom. The van der Waals surface area contributed by atoms with E-state index in [2.05, 4.69) is 10.6 Å². The molecule has 0 saturated heterocycles. The van der Waals surface area contributed by atoms with Gasteiger partial charge in [0.1, 0.15) is 16.9 Å². The number of carbonyl (C=O) groups excluding carboxylic acids is 2. The Morgan fingerprint density at radius 2 is 2.07 bits per heavy atom. The summed E-state index contributed by atoms with van der Waals surface area (Å²) in [6.45, 7) is 3.19. The molecule has 1 atom stereocenters. The summed E-state index contributed by atoms with van der Waals surface area (Å²) in [6, 6.07) is 7.60. The Labute approximate surface area is 161 Å². The van der Waals surface area contributed by atoms with Crippen LogP contribution in [-0.4, -0.2) is 37.2 Å².